The van der Waals surface area contributed by atoms with Gasteiger partial charge in [0.25, 0.3) is 0 Å². The third kappa shape index (κ3) is 3.03. The van der Waals surface area contributed by atoms with Gasteiger partial charge in [0.05, 0.1) is 13.2 Å². The lowest BCUT2D eigenvalue weighted by Gasteiger charge is -2.26. The number of carbonyl (C=O) groups excluding carboxylic acids is 1. The van der Waals surface area contributed by atoms with Crippen LogP contribution in [0.1, 0.15) is 6.42 Å². The van der Waals surface area contributed by atoms with E-state index in [-0.39, 0.29) is 5.91 Å². The molecule has 1 rings (SSSR count). The second-order valence-corrected chi connectivity index (χ2v) is 3.72. The molecule has 1 aliphatic heterocycles. The van der Waals surface area contributed by atoms with Crippen molar-refractivity contribution in [3.8, 4) is 0 Å². The van der Waals surface area contributed by atoms with E-state index in [1.807, 2.05) is 11.2 Å². The molecule has 0 aromatic carbocycles. The van der Waals surface area contributed by atoms with E-state index in [4.69, 9.17) is 4.74 Å². The number of carbonyl (C=O) groups is 1. The molecule has 1 fully saturated rings. The Kier molecular flexibility index (Phi) is 4.46. The zero-order valence-electron chi connectivity index (χ0n) is 7.41. The largest absolute Gasteiger partial charge is 0.378 e. The molecule has 1 heterocycles. The van der Waals surface area contributed by atoms with E-state index in [2.05, 4.69) is 0 Å². The van der Waals surface area contributed by atoms with Crippen LogP contribution in [0.15, 0.2) is 0 Å². The average Bonchev–Trinajstić information content (AvgIpc) is 2.15. The molecule has 3 nitrogen and oxygen atoms in total. The minimum atomic E-state index is 0.271. The van der Waals surface area contributed by atoms with Gasteiger partial charge in [-0.1, -0.05) is 0 Å². The molecular formula is C8H15NO2S. The Morgan fingerprint density at radius 2 is 2.17 bits per heavy atom. The van der Waals surface area contributed by atoms with Gasteiger partial charge in [0.15, 0.2) is 0 Å². The van der Waals surface area contributed by atoms with Gasteiger partial charge in [-0.25, -0.2) is 0 Å². The topological polar surface area (TPSA) is 29.5 Å². The van der Waals surface area contributed by atoms with Crippen molar-refractivity contribution < 1.29 is 9.53 Å². The summed E-state index contributed by atoms with van der Waals surface area (Å²) in [5, 5.41) is 0. The normalized spacial score (nSPS) is 17.9. The minimum Gasteiger partial charge on any atom is -0.378 e. The summed E-state index contributed by atoms with van der Waals surface area (Å²) in [6.07, 6.45) is 2.69. The van der Waals surface area contributed by atoms with Crippen LogP contribution < -0.4 is 0 Å². The summed E-state index contributed by atoms with van der Waals surface area (Å²) < 4.78 is 5.16. The predicted molar refractivity (Wildman–Crippen MR) is 50.4 cm³/mol. The van der Waals surface area contributed by atoms with Gasteiger partial charge >= 0.3 is 0 Å². The Bertz CT molecular complexity index is 146. The molecule has 0 aromatic rings. The maximum Gasteiger partial charge on any atom is 0.223 e. The zero-order chi connectivity index (χ0) is 8.81. The minimum absolute atomic E-state index is 0.271. The first-order chi connectivity index (χ1) is 5.84. The lowest BCUT2D eigenvalue weighted by atomic mass is 10.3. The number of hydrogen-bond donors (Lipinski definition) is 0. The monoisotopic (exact) mass is 189 g/mol. The smallest absolute Gasteiger partial charge is 0.223 e. The Morgan fingerprint density at radius 3 is 2.75 bits per heavy atom. The number of ether oxygens (including phenoxy) is 1. The Morgan fingerprint density at radius 1 is 1.50 bits per heavy atom. The standard InChI is InChI=1S/C8H15NO2S/c1-12-7-2-8(10)9-3-5-11-6-4-9/h2-7H2,1H3. The van der Waals surface area contributed by atoms with E-state index in [9.17, 15) is 4.79 Å². The van der Waals surface area contributed by atoms with Crippen LogP contribution in [0.4, 0.5) is 0 Å². The highest BCUT2D eigenvalue weighted by Gasteiger charge is 2.15. The van der Waals surface area contributed by atoms with Crippen molar-refractivity contribution in [3.63, 3.8) is 0 Å². The molecular weight excluding hydrogens is 174 g/mol. The van der Waals surface area contributed by atoms with Crippen LogP contribution in [0.2, 0.25) is 0 Å². The summed E-state index contributed by atoms with van der Waals surface area (Å²) in [7, 11) is 0. The van der Waals surface area contributed by atoms with E-state index >= 15 is 0 Å². The molecule has 0 spiro atoms. The molecule has 1 aliphatic rings. The molecule has 0 unspecified atom stereocenters. The van der Waals surface area contributed by atoms with Crippen LogP contribution in [0.3, 0.4) is 0 Å². The van der Waals surface area contributed by atoms with Gasteiger partial charge in [-0.05, 0) is 6.26 Å². The van der Waals surface area contributed by atoms with E-state index in [0.717, 1.165) is 18.8 Å². The van der Waals surface area contributed by atoms with Gasteiger partial charge in [-0.3, -0.25) is 4.79 Å². The average molecular weight is 189 g/mol. The fraction of sp³-hybridized carbons (Fsp3) is 0.875. The number of rotatable bonds is 3. The molecule has 1 amide bonds. The van der Waals surface area contributed by atoms with Crippen molar-refractivity contribution in [1.29, 1.82) is 0 Å². The van der Waals surface area contributed by atoms with Crippen LogP contribution in [0.25, 0.3) is 0 Å². The highest BCUT2D eigenvalue weighted by atomic mass is 32.2. The first-order valence-corrected chi connectivity index (χ1v) is 5.58. The third-order valence-electron chi connectivity index (χ3n) is 1.88. The summed E-state index contributed by atoms with van der Waals surface area (Å²) in [5.74, 6) is 1.20. The summed E-state index contributed by atoms with van der Waals surface area (Å²) in [6, 6.07) is 0. The molecule has 0 N–H and O–H groups in total. The second kappa shape index (κ2) is 5.43. The van der Waals surface area contributed by atoms with Crippen molar-refractivity contribution in [2.75, 3.05) is 38.3 Å². The molecule has 0 saturated carbocycles. The summed E-state index contributed by atoms with van der Waals surface area (Å²) in [4.78, 5) is 13.3. The van der Waals surface area contributed by atoms with E-state index < -0.39 is 0 Å². The molecule has 0 atom stereocenters. The predicted octanol–water partition coefficient (Wildman–Crippen LogP) is 0.598. The number of nitrogens with zero attached hydrogens (tertiary/aromatic N) is 1. The number of hydrogen-bond acceptors (Lipinski definition) is 3. The summed E-state index contributed by atoms with van der Waals surface area (Å²) >= 11 is 1.72. The first kappa shape index (κ1) is 9.86. The van der Waals surface area contributed by atoms with Crippen LogP contribution in [0, 0.1) is 0 Å². The molecule has 12 heavy (non-hydrogen) atoms. The van der Waals surface area contributed by atoms with Gasteiger partial charge in [0, 0.05) is 25.3 Å². The van der Waals surface area contributed by atoms with Crippen LogP contribution in [-0.4, -0.2) is 49.1 Å². The molecule has 0 aliphatic carbocycles. The van der Waals surface area contributed by atoms with Crippen molar-refractivity contribution >= 4 is 17.7 Å². The lowest BCUT2D eigenvalue weighted by molar-refractivity contribution is -0.134. The number of thioether (sulfide) groups is 1. The SMILES string of the molecule is CSCCC(=O)N1CCOCC1. The van der Waals surface area contributed by atoms with E-state index in [1.54, 1.807) is 11.8 Å². The Labute approximate surface area is 77.4 Å². The van der Waals surface area contributed by atoms with Gasteiger partial charge in [0.1, 0.15) is 0 Å². The molecule has 0 aromatic heterocycles. The highest BCUT2D eigenvalue weighted by Crippen LogP contribution is 2.03. The lowest BCUT2D eigenvalue weighted by Crippen LogP contribution is -2.40. The van der Waals surface area contributed by atoms with Crippen molar-refractivity contribution in [3.05, 3.63) is 0 Å². The zero-order valence-corrected chi connectivity index (χ0v) is 8.23. The first-order valence-electron chi connectivity index (χ1n) is 4.19. The van der Waals surface area contributed by atoms with Crippen molar-refractivity contribution in [1.82, 2.24) is 4.90 Å². The number of morpholine rings is 1. The van der Waals surface area contributed by atoms with Crippen LogP contribution >= 0.6 is 11.8 Å². The highest BCUT2D eigenvalue weighted by molar-refractivity contribution is 7.98. The summed E-state index contributed by atoms with van der Waals surface area (Å²) in [6.45, 7) is 2.94. The second-order valence-electron chi connectivity index (χ2n) is 2.74. The molecule has 4 heteroatoms. The van der Waals surface area contributed by atoms with Gasteiger partial charge in [-0.2, -0.15) is 11.8 Å². The fourth-order valence-electron chi connectivity index (χ4n) is 1.16. The van der Waals surface area contributed by atoms with Crippen molar-refractivity contribution in [2.45, 2.75) is 6.42 Å². The van der Waals surface area contributed by atoms with E-state index in [0.29, 0.717) is 19.6 Å². The van der Waals surface area contributed by atoms with Gasteiger partial charge in [-0.15, -0.1) is 0 Å². The summed E-state index contributed by atoms with van der Waals surface area (Å²) in [5.41, 5.74) is 0. The Hall–Kier alpha value is -0.220. The fourth-order valence-corrected chi connectivity index (χ4v) is 1.54. The van der Waals surface area contributed by atoms with Crippen LogP contribution in [-0.2, 0) is 9.53 Å². The Balaban J connectivity index is 2.20. The maximum absolute atomic E-state index is 11.4. The maximum atomic E-state index is 11.4. The number of amides is 1. The molecule has 70 valence electrons. The van der Waals surface area contributed by atoms with Crippen LogP contribution in [0.5, 0.6) is 0 Å². The molecule has 0 radical (unpaired) electrons. The van der Waals surface area contributed by atoms with Crippen molar-refractivity contribution in [2.24, 2.45) is 0 Å². The van der Waals surface area contributed by atoms with E-state index in [1.165, 1.54) is 0 Å². The van der Waals surface area contributed by atoms with Gasteiger partial charge < -0.3 is 9.64 Å². The van der Waals surface area contributed by atoms with Gasteiger partial charge in [0.2, 0.25) is 5.91 Å². The quantitative estimate of drug-likeness (QED) is 0.651. The molecule has 0 bridgehead atoms. The third-order valence-corrected chi connectivity index (χ3v) is 2.50. The molecule has 1 saturated heterocycles.